The molecule has 38 heavy (non-hydrogen) atoms. The van der Waals surface area contributed by atoms with Crippen LogP contribution in [0.25, 0.3) is 27.2 Å². The van der Waals surface area contributed by atoms with Gasteiger partial charge in [-0.05, 0) is 49.2 Å². The predicted octanol–water partition coefficient (Wildman–Crippen LogP) is 8.22. The Kier molecular flexibility index (Phi) is 5.45. The highest BCUT2D eigenvalue weighted by Crippen LogP contribution is 2.51. The van der Waals surface area contributed by atoms with Gasteiger partial charge in [0, 0.05) is 17.1 Å². The van der Waals surface area contributed by atoms with Gasteiger partial charge in [0.05, 0.1) is 27.3 Å². The summed E-state index contributed by atoms with van der Waals surface area (Å²) >= 11 is 1.75. The van der Waals surface area contributed by atoms with Crippen molar-refractivity contribution in [2.24, 2.45) is 0 Å². The fourth-order valence-corrected chi connectivity index (χ4v) is 6.43. The Morgan fingerprint density at radius 3 is 2.18 bits per heavy atom. The Morgan fingerprint density at radius 1 is 0.763 bits per heavy atom. The minimum Gasteiger partial charge on any atom is -0.339 e. The molecule has 6 aromatic rings. The van der Waals surface area contributed by atoms with E-state index in [0.717, 1.165) is 39.0 Å². The van der Waals surface area contributed by atoms with E-state index >= 15 is 0 Å². The van der Waals surface area contributed by atoms with Crippen LogP contribution in [-0.4, -0.2) is 14.8 Å². The molecular formula is C33H26N4S. The zero-order valence-electron chi connectivity index (χ0n) is 21.2. The molecule has 0 unspecified atom stereocenters. The van der Waals surface area contributed by atoms with E-state index in [4.69, 9.17) is 10.1 Å². The van der Waals surface area contributed by atoms with E-state index in [2.05, 4.69) is 122 Å². The number of hydrogen-bond acceptors (Lipinski definition) is 4. The second-order valence-corrected chi connectivity index (χ2v) is 10.7. The van der Waals surface area contributed by atoms with E-state index in [-0.39, 0.29) is 5.92 Å². The summed E-state index contributed by atoms with van der Waals surface area (Å²) in [6, 6.07) is 38.2. The maximum Gasteiger partial charge on any atom is 0.138 e. The minimum absolute atomic E-state index is 0.0277. The van der Waals surface area contributed by atoms with Crippen molar-refractivity contribution in [1.82, 2.24) is 14.8 Å². The van der Waals surface area contributed by atoms with E-state index in [0.29, 0.717) is 0 Å². The second-order valence-electron chi connectivity index (χ2n) is 9.71. The number of benzene rings is 4. The van der Waals surface area contributed by atoms with Crippen molar-refractivity contribution in [3.8, 4) is 5.69 Å². The van der Waals surface area contributed by atoms with Crippen LogP contribution in [0.2, 0.25) is 0 Å². The summed E-state index contributed by atoms with van der Waals surface area (Å²) in [6.07, 6.45) is 0. The van der Waals surface area contributed by atoms with E-state index in [1.165, 1.54) is 27.0 Å². The second kappa shape index (κ2) is 9.12. The van der Waals surface area contributed by atoms with Crippen molar-refractivity contribution in [3.05, 3.63) is 142 Å². The quantitative estimate of drug-likeness (QED) is 0.260. The van der Waals surface area contributed by atoms with Gasteiger partial charge >= 0.3 is 0 Å². The van der Waals surface area contributed by atoms with Crippen LogP contribution >= 0.6 is 11.3 Å². The van der Waals surface area contributed by atoms with Crippen LogP contribution in [0.3, 0.4) is 0 Å². The van der Waals surface area contributed by atoms with Gasteiger partial charge in [-0.25, -0.2) is 9.67 Å². The van der Waals surface area contributed by atoms with Crippen molar-refractivity contribution >= 4 is 38.6 Å². The van der Waals surface area contributed by atoms with Crippen molar-refractivity contribution in [1.29, 1.82) is 0 Å². The van der Waals surface area contributed by atoms with Crippen LogP contribution in [0.4, 0.5) is 5.82 Å². The van der Waals surface area contributed by atoms with Gasteiger partial charge in [0.1, 0.15) is 10.8 Å². The fraction of sp³-hybridized carbons (Fsp3) is 0.0909. The van der Waals surface area contributed by atoms with Crippen LogP contribution in [-0.2, 0) is 0 Å². The zero-order valence-corrected chi connectivity index (χ0v) is 22.0. The maximum atomic E-state index is 5.17. The molecule has 3 heterocycles. The van der Waals surface area contributed by atoms with E-state index < -0.39 is 0 Å². The standard InChI is InChI=1S/C33H26N4S/c1-21-17-19-23(20-18-21)29-28-22(2)36-37(25-13-7-4-8-14-25)32(28)35-31(24-11-5-3-6-12-24)30(29)33-34-26-15-9-10-16-27(26)38-33/h3-20,29,35H,1-2H3/t29-/m0/s1. The SMILES string of the molecule is Cc1ccc([C@@H]2C(c3nc4ccccc4s3)=C(c3ccccc3)Nc3c2c(C)nn3-c2ccccc2)cc1. The van der Waals surface area contributed by atoms with E-state index in [9.17, 15) is 0 Å². The average molecular weight is 511 g/mol. The van der Waals surface area contributed by atoms with Gasteiger partial charge in [-0.1, -0.05) is 90.5 Å². The predicted molar refractivity (Wildman–Crippen MR) is 158 cm³/mol. The number of nitrogens with zero attached hydrogens (tertiary/aromatic N) is 3. The molecule has 0 saturated heterocycles. The number of rotatable bonds is 4. The van der Waals surface area contributed by atoms with Crippen molar-refractivity contribution in [2.75, 3.05) is 5.32 Å². The molecule has 0 radical (unpaired) electrons. The van der Waals surface area contributed by atoms with Crippen LogP contribution in [0, 0.1) is 13.8 Å². The third-order valence-electron chi connectivity index (χ3n) is 7.20. The average Bonchev–Trinajstić information content (AvgIpc) is 3.54. The molecule has 0 spiro atoms. The Labute approximate surface area is 225 Å². The maximum absolute atomic E-state index is 5.17. The summed E-state index contributed by atoms with van der Waals surface area (Å²) in [4.78, 5) is 5.17. The Hall–Kier alpha value is -4.48. The number of thiazole rings is 1. The number of allylic oxidation sites excluding steroid dienone is 1. The summed E-state index contributed by atoms with van der Waals surface area (Å²) in [6.45, 7) is 4.25. The molecule has 1 aliphatic rings. The van der Waals surface area contributed by atoms with Gasteiger partial charge in [-0.15, -0.1) is 11.3 Å². The molecule has 1 aliphatic heterocycles. The summed E-state index contributed by atoms with van der Waals surface area (Å²) < 4.78 is 3.23. The molecule has 5 heteroatoms. The monoisotopic (exact) mass is 510 g/mol. The first-order valence-corrected chi connectivity index (χ1v) is 13.6. The smallest absolute Gasteiger partial charge is 0.138 e. The first-order chi connectivity index (χ1) is 18.7. The third-order valence-corrected chi connectivity index (χ3v) is 8.26. The number of aryl methyl sites for hydroxylation is 2. The molecule has 0 saturated carbocycles. The summed E-state index contributed by atoms with van der Waals surface area (Å²) in [7, 11) is 0. The Morgan fingerprint density at radius 2 is 1.45 bits per heavy atom. The molecule has 184 valence electrons. The van der Waals surface area contributed by atoms with E-state index in [1.54, 1.807) is 11.3 Å². The molecule has 4 nitrogen and oxygen atoms in total. The normalized spacial score (nSPS) is 14.9. The van der Waals surface area contributed by atoms with Crippen molar-refractivity contribution in [3.63, 3.8) is 0 Å². The number of aromatic nitrogens is 3. The lowest BCUT2D eigenvalue weighted by molar-refractivity contribution is 0.870. The molecule has 0 fully saturated rings. The largest absolute Gasteiger partial charge is 0.339 e. The van der Waals surface area contributed by atoms with E-state index in [1.807, 2.05) is 10.7 Å². The molecule has 0 bridgehead atoms. The molecule has 2 aromatic heterocycles. The molecule has 0 amide bonds. The fourth-order valence-electron chi connectivity index (χ4n) is 5.38. The molecule has 0 aliphatic carbocycles. The van der Waals surface area contributed by atoms with Crippen LogP contribution in [0.5, 0.6) is 0 Å². The topological polar surface area (TPSA) is 42.7 Å². The van der Waals surface area contributed by atoms with Crippen LogP contribution < -0.4 is 5.32 Å². The molecular weight excluding hydrogens is 484 g/mol. The van der Waals surface area contributed by atoms with Gasteiger partial charge < -0.3 is 5.32 Å². The van der Waals surface area contributed by atoms with Gasteiger partial charge in [0.15, 0.2) is 0 Å². The lowest BCUT2D eigenvalue weighted by atomic mass is 9.80. The number of anilines is 1. The first kappa shape index (κ1) is 22.7. The van der Waals surface area contributed by atoms with Crippen LogP contribution in [0.15, 0.2) is 109 Å². The van der Waals surface area contributed by atoms with Gasteiger partial charge in [-0.2, -0.15) is 5.10 Å². The lowest BCUT2D eigenvalue weighted by Crippen LogP contribution is -2.19. The summed E-state index contributed by atoms with van der Waals surface area (Å²) in [5.41, 5.74) is 10.1. The van der Waals surface area contributed by atoms with Gasteiger partial charge in [0.25, 0.3) is 0 Å². The molecule has 1 N–H and O–H groups in total. The number of para-hydroxylation sites is 2. The number of hydrogen-bond donors (Lipinski definition) is 1. The Balaban J connectivity index is 1.56. The van der Waals surface area contributed by atoms with Crippen molar-refractivity contribution < 1.29 is 0 Å². The highest BCUT2D eigenvalue weighted by Gasteiger charge is 2.37. The third kappa shape index (κ3) is 3.75. The highest BCUT2D eigenvalue weighted by atomic mass is 32.1. The first-order valence-electron chi connectivity index (χ1n) is 12.8. The highest BCUT2D eigenvalue weighted by molar-refractivity contribution is 7.19. The zero-order chi connectivity index (χ0) is 25.6. The summed E-state index contributed by atoms with van der Waals surface area (Å²) in [5.74, 6) is 0.975. The molecule has 1 atom stereocenters. The number of nitrogens with one attached hydrogen (secondary N) is 1. The summed E-state index contributed by atoms with van der Waals surface area (Å²) in [5, 5.41) is 9.95. The molecule has 7 rings (SSSR count). The van der Waals surface area contributed by atoms with Crippen molar-refractivity contribution in [2.45, 2.75) is 19.8 Å². The molecule has 4 aromatic carbocycles. The van der Waals surface area contributed by atoms with Crippen LogP contribution in [0.1, 0.15) is 38.9 Å². The lowest BCUT2D eigenvalue weighted by Gasteiger charge is -2.31. The minimum atomic E-state index is -0.0277. The Bertz CT molecular complexity index is 1760. The number of fused-ring (bicyclic) bond motifs is 2. The van der Waals surface area contributed by atoms with Gasteiger partial charge in [-0.3, -0.25) is 0 Å². The van der Waals surface area contributed by atoms with Gasteiger partial charge in [0.2, 0.25) is 0 Å².